The summed E-state index contributed by atoms with van der Waals surface area (Å²) in [6, 6.07) is 6.65. The first kappa shape index (κ1) is 19.3. The van der Waals surface area contributed by atoms with Gasteiger partial charge in [0.25, 0.3) is 5.91 Å². The average Bonchev–Trinajstić information content (AvgIpc) is 2.67. The number of piperazine rings is 1. The number of sulfonamides is 1. The van der Waals surface area contributed by atoms with Gasteiger partial charge in [-0.15, -0.1) is 0 Å². The SMILES string of the molecule is O=C(c1cccnc1)N1CCN(S(=O)(=O)c2ccc(C(F)(F)F)cc2)CC1. The smallest absolute Gasteiger partial charge is 0.336 e. The molecule has 0 radical (unpaired) electrons. The fourth-order valence-corrected chi connectivity index (χ4v) is 4.19. The molecule has 1 aliphatic heterocycles. The molecule has 1 aromatic heterocycles. The number of aromatic nitrogens is 1. The zero-order valence-electron chi connectivity index (χ0n) is 14.1. The van der Waals surface area contributed by atoms with Crippen LogP contribution in [-0.4, -0.2) is 54.7 Å². The van der Waals surface area contributed by atoms with Crippen LogP contribution in [0.15, 0.2) is 53.7 Å². The van der Waals surface area contributed by atoms with Crippen LogP contribution < -0.4 is 0 Å². The van der Waals surface area contributed by atoms with E-state index >= 15 is 0 Å². The summed E-state index contributed by atoms with van der Waals surface area (Å²) >= 11 is 0. The number of rotatable bonds is 3. The predicted octanol–water partition coefficient (Wildman–Crippen LogP) is 2.25. The first-order chi connectivity index (χ1) is 12.7. The fourth-order valence-electron chi connectivity index (χ4n) is 2.77. The Hall–Kier alpha value is -2.46. The van der Waals surface area contributed by atoms with E-state index in [1.807, 2.05) is 0 Å². The number of hydrogen-bond acceptors (Lipinski definition) is 4. The Morgan fingerprint density at radius 3 is 2.15 bits per heavy atom. The minimum absolute atomic E-state index is 0.0648. The Bertz CT molecular complexity index is 908. The van der Waals surface area contributed by atoms with Crippen LogP contribution in [0.2, 0.25) is 0 Å². The van der Waals surface area contributed by atoms with Crippen LogP contribution in [-0.2, 0) is 16.2 Å². The number of alkyl halides is 3. The van der Waals surface area contributed by atoms with Gasteiger partial charge < -0.3 is 4.90 Å². The van der Waals surface area contributed by atoms with Gasteiger partial charge in [-0.1, -0.05) is 0 Å². The second-order valence-electron chi connectivity index (χ2n) is 5.96. The normalized spacial score (nSPS) is 16.3. The largest absolute Gasteiger partial charge is 0.416 e. The predicted molar refractivity (Wildman–Crippen MR) is 90.3 cm³/mol. The highest BCUT2D eigenvalue weighted by molar-refractivity contribution is 7.89. The molecule has 1 fully saturated rings. The van der Waals surface area contributed by atoms with Crippen molar-refractivity contribution in [2.24, 2.45) is 0 Å². The maximum atomic E-state index is 12.6. The standard InChI is InChI=1S/C17H16F3N3O3S/c18-17(19,20)14-3-5-15(6-4-14)27(25,26)23-10-8-22(9-11-23)16(24)13-2-1-7-21-12-13/h1-7,12H,8-11H2. The van der Waals surface area contributed by atoms with E-state index in [-0.39, 0.29) is 37.0 Å². The van der Waals surface area contributed by atoms with Gasteiger partial charge in [0.15, 0.2) is 0 Å². The molecule has 2 heterocycles. The molecule has 3 rings (SSSR count). The van der Waals surface area contributed by atoms with Gasteiger partial charge in [-0.2, -0.15) is 17.5 Å². The van der Waals surface area contributed by atoms with Gasteiger partial charge in [0.2, 0.25) is 10.0 Å². The Balaban J connectivity index is 1.69. The Labute approximate surface area is 154 Å². The average molecular weight is 399 g/mol. The molecule has 0 aliphatic carbocycles. The third-order valence-corrected chi connectivity index (χ3v) is 6.17. The van der Waals surface area contributed by atoms with E-state index in [2.05, 4.69) is 4.98 Å². The maximum absolute atomic E-state index is 12.6. The van der Waals surface area contributed by atoms with E-state index in [0.717, 1.165) is 24.3 Å². The fraction of sp³-hybridized carbons (Fsp3) is 0.294. The number of benzene rings is 1. The Morgan fingerprint density at radius 2 is 1.63 bits per heavy atom. The molecule has 1 amide bonds. The zero-order valence-corrected chi connectivity index (χ0v) is 14.9. The quantitative estimate of drug-likeness (QED) is 0.794. The summed E-state index contributed by atoms with van der Waals surface area (Å²) in [7, 11) is -3.92. The minimum atomic E-state index is -4.53. The first-order valence-electron chi connectivity index (χ1n) is 8.06. The van der Waals surface area contributed by atoms with Gasteiger partial charge in [-0.25, -0.2) is 8.42 Å². The van der Waals surface area contributed by atoms with Crippen LogP contribution in [0.5, 0.6) is 0 Å². The molecular formula is C17H16F3N3O3S. The van der Waals surface area contributed by atoms with Crippen molar-refractivity contribution in [2.75, 3.05) is 26.2 Å². The zero-order chi connectivity index (χ0) is 19.7. The summed E-state index contributed by atoms with van der Waals surface area (Å²) < 4.78 is 64.3. The van der Waals surface area contributed by atoms with E-state index < -0.39 is 21.8 Å². The van der Waals surface area contributed by atoms with E-state index in [1.54, 1.807) is 18.3 Å². The van der Waals surface area contributed by atoms with Crippen molar-refractivity contribution < 1.29 is 26.4 Å². The summed E-state index contributed by atoms with van der Waals surface area (Å²) in [6.45, 7) is 0.506. The van der Waals surface area contributed by atoms with E-state index in [0.29, 0.717) is 5.56 Å². The third kappa shape index (κ3) is 4.11. The van der Waals surface area contributed by atoms with Gasteiger partial charge in [0.05, 0.1) is 16.0 Å². The molecule has 0 unspecified atom stereocenters. The number of amides is 1. The lowest BCUT2D eigenvalue weighted by Crippen LogP contribution is -2.50. The van der Waals surface area contributed by atoms with E-state index in [1.165, 1.54) is 15.4 Å². The number of pyridine rings is 1. The summed E-state index contributed by atoms with van der Waals surface area (Å²) in [4.78, 5) is 17.6. The molecule has 6 nitrogen and oxygen atoms in total. The molecule has 0 bridgehead atoms. The van der Waals surface area contributed by atoms with Crippen molar-refractivity contribution in [3.8, 4) is 0 Å². The highest BCUT2D eigenvalue weighted by Gasteiger charge is 2.33. The lowest BCUT2D eigenvalue weighted by Gasteiger charge is -2.34. The number of carbonyl (C=O) groups is 1. The summed E-state index contributed by atoms with van der Waals surface area (Å²) in [5, 5.41) is 0. The highest BCUT2D eigenvalue weighted by atomic mass is 32.2. The van der Waals surface area contributed by atoms with Crippen molar-refractivity contribution in [1.29, 1.82) is 0 Å². The minimum Gasteiger partial charge on any atom is -0.336 e. The molecule has 2 aromatic rings. The van der Waals surface area contributed by atoms with Gasteiger partial charge in [-0.05, 0) is 36.4 Å². The summed E-state index contributed by atoms with van der Waals surface area (Å²) in [6.07, 6.45) is -1.54. The van der Waals surface area contributed by atoms with Crippen LogP contribution in [0, 0.1) is 0 Å². The van der Waals surface area contributed by atoms with Crippen molar-refractivity contribution >= 4 is 15.9 Å². The second kappa shape index (κ2) is 7.28. The maximum Gasteiger partial charge on any atom is 0.416 e. The van der Waals surface area contributed by atoms with Crippen LogP contribution >= 0.6 is 0 Å². The van der Waals surface area contributed by atoms with Crippen LogP contribution in [0.3, 0.4) is 0 Å². The van der Waals surface area contributed by atoms with Crippen LogP contribution in [0.1, 0.15) is 15.9 Å². The summed E-state index contributed by atoms with van der Waals surface area (Å²) in [5.74, 6) is -0.241. The lowest BCUT2D eigenvalue weighted by molar-refractivity contribution is -0.137. The molecule has 0 spiro atoms. The van der Waals surface area contributed by atoms with Crippen molar-refractivity contribution in [1.82, 2.24) is 14.2 Å². The van der Waals surface area contributed by atoms with Crippen molar-refractivity contribution in [2.45, 2.75) is 11.1 Å². The monoisotopic (exact) mass is 399 g/mol. The van der Waals surface area contributed by atoms with Gasteiger partial charge in [0.1, 0.15) is 0 Å². The molecule has 0 N–H and O–H groups in total. The molecule has 0 atom stereocenters. The second-order valence-corrected chi connectivity index (χ2v) is 7.90. The van der Waals surface area contributed by atoms with Crippen LogP contribution in [0.25, 0.3) is 0 Å². The molecule has 0 saturated carbocycles. The molecule has 1 aliphatic rings. The number of halogens is 3. The van der Waals surface area contributed by atoms with Crippen molar-refractivity contribution in [3.63, 3.8) is 0 Å². The van der Waals surface area contributed by atoms with E-state index in [4.69, 9.17) is 0 Å². The van der Waals surface area contributed by atoms with E-state index in [9.17, 15) is 26.4 Å². The molecule has 1 aromatic carbocycles. The number of hydrogen-bond donors (Lipinski definition) is 0. The van der Waals surface area contributed by atoms with Gasteiger partial charge in [0, 0.05) is 38.6 Å². The third-order valence-electron chi connectivity index (χ3n) is 4.25. The number of carbonyl (C=O) groups excluding carboxylic acids is 1. The highest BCUT2D eigenvalue weighted by Crippen LogP contribution is 2.30. The Morgan fingerprint density at radius 1 is 1.00 bits per heavy atom. The van der Waals surface area contributed by atoms with Gasteiger partial charge in [-0.3, -0.25) is 9.78 Å². The Kier molecular flexibility index (Phi) is 5.20. The number of nitrogens with zero attached hydrogens (tertiary/aromatic N) is 3. The molecular weight excluding hydrogens is 383 g/mol. The van der Waals surface area contributed by atoms with Crippen LogP contribution in [0.4, 0.5) is 13.2 Å². The lowest BCUT2D eigenvalue weighted by atomic mass is 10.2. The van der Waals surface area contributed by atoms with Crippen molar-refractivity contribution in [3.05, 3.63) is 59.9 Å². The topological polar surface area (TPSA) is 70.6 Å². The molecule has 27 heavy (non-hydrogen) atoms. The summed E-state index contributed by atoms with van der Waals surface area (Å²) in [5.41, 5.74) is -0.495. The molecule has 144 valence electrons. The molecule has 1 saturated heterocycles. The van der Waals surface area contributed by atoms with Gasteiger partial charge >= 0.3 is 6.18 Å². The first-order valence-corrected chi connectivity index (χ1v) is 9.50. The molecule has 10 heteroatoms.